The van der Waals surface area contributed by atoms with Gasteiger partial charge in [0.1, 0.15) is 11.4 Å². The Bertz CT molecular complexity index is 618. The standard InChI is InChI=1S/C16H19N3O2/c1-3-17-14(15-16(20-2)19-9-8-18-15)12-10-21-13-7-5-4-6-11(12)13/h4-9,12,14,17H,3,10H2,1-2H3. The Balaban J connectivity index is 2.00. The van der Waals surface area contributed by atoms with Crippen LogP contribution in [0.15, 0.2) is 36.7 Å². The third kappa shape index (κ3) is 2.56. The highest BCUT2D eigenvalue weighted by Crippen LogP contribution is 2.42. The summed E-state index contributed by atoms with van der Waals surface area (Å²) in [4.78, 5) is 8.74. The molecular formula is C16H19N3O2. The van der Waals surface area contributed by atoms with E-state index in [2.05, 4.69) is 28.3 Å². The van der Waals surface area contributed by atoms with E-state index in [1.165, 1.54) is 5.56 Å². The van der Waals surface area contributed by atoms with Crippen LogP contribution >= 0.6 is 0 Å². The van der Waals surface area contributed by atoms with Gasteiger partial charge in [-0.15, -0.1) is 0 Å². The van der Waals surface area contributed by atoms with E-state index in [0.29, 0.717) is 12.5 Å². The summed E-state index contributed by atoms with van der Waals surface area (Å²) < 4.78 is 11.2. The molecule has 2 unspecified atom stereocenters. The number of hydrogen-bond acceptors (Lipinski definition) is 5. The summed E-state index contributed by atoms with van der Waals surface area (Å²) in [6, 6.07) is 8.17. The van der Waals surface area contributed by atoms with Gasteiger partial charge in [-0.1, -0.05) is 25.1 Å². The molecule has 2 aromatic rings. The molecule has 2 heterocycles. The van der Waals surface area contributed by atoms with Crippen molar-refractivity contribution >= 4 is 0 Å². The molecule has 2 atom stereocenters. The van der Waals surface area contributed by atoms with E-state index < -0.39 is 0 Å². The Morgan fingerprint density at radius 3 is 2.95 bits per heavy atom. The maximum absolute atomic E-state index is 5.80. The second kappa shape index (κ2) is 6.10. The average molecular weight is 285 g/mol. The Morgan fingerprint density at radius 1 is 1.33 bits per heavy atom. The first-order chi connectivity index (χ1) is 10.3. The molecule has 1 N–H and O–H groups in total. The number of para-hydroxylation sites is 1. The molecule has 0 saturated carbocycles. The van der Waals surface area contributed by atoms with Gasteiger partial charge in [-0.25, -0.2) is 4.98 Å². The zero-order valence-electron chi connectivity index (χ0n) is 12.2. The lowest BCUT2D eigenvalue weighted by atomic mass is 9.91. The van der Waals surface area contributed by atoms with E-state index in [-0.39, 0.29) is 12.0 Å². The smallest absolute Gasteiger partial charge is 0.237 e. The molecule has 110 valence electrons. The zero-order valence-corrected chi connectivity index (χ0v) is 12.2. The van der Waals surface area contributed by atoms with Gasteiger partial charge in [0, 0.05) is 23.9 Å². The molecule has 0 aliphatic carbocycles. The topological polar surface area (TPSA) is 56.3 Å². The number of likely N-dealkylation sites (N-methyl/N-ethyl adjacent to an activating group) is 1. The van der Waals surface area contributed by atoms with Gasteiger partial charge in [0.2, 0.25) is 5.88 Å². The summed E-state index contributed by atoms with van der Waals surface area (Å²) in [6.07, 6.45) is 3.34. The lowest BCUT2D eigenvalue weighted by molar-refractivity contribution is 0.292. The van der Waals surface area contributed by atoms with Crippen molar-refractivity contribution in [3.63, 3.8) is 0 Å². The molecule has 0 fully saturated rings. The summed E-state index contributed by atoms with van der Waals surface area (Å²) >= 11 is 0. The Kier molecular flexibility index (Phi) is 4.01. The van der Waals surface area contributed by atoms with Crippen molar-refractivity contribution in [2.75, 3.05) is 20.3 Å². The molecule has 0 radical (unpaired) electrons. The van der Waals surface area contributed by atoms with Crippen molar-refractivity contribution in [1.82, 2.24) is 15.3 Å². The van der Waals surface area contributed by atoms with Crippen molar-refractivity contribution in [3.05, 3.63) is 47.9 Å². The van der Waals surface area contributed by atoms with Gasteiger partial charge in [0.15, 0.2) is 0 Å². The number of methoxy groups -OCH3 is 1. The molecule has 1 aliphatic heterocycles. The van der Waals surface area contributed by atoms with Gasteiger partial charge in [-0.05, 0) is 12.6 Å². The molecule has 5 nitrogen and oxygen atoms in total. The largest absolute Gasteiger partial charge is 0.493 e. The summed E-state index contributed by atoms with van der Waals surface area (Å²) in [5.74, 6) is 1.72. The minimum absolute atomic E-state index is 0.0160. The second-order valence-electron chi connectivity index (χ2n) is 4.94. The van der Waals surface area contributed by atoms with Crippen LogP contribution in [-0.2, 0) is 0 Å². The van der Waals surface area contributed by atoms with Crippen LogP contribution in [0, 0.1) is 0 Å². The predicted molar refractivity (Wildman–Crippen MR) is 79.7 cm³/mol. The predicted octanol–water partition coefficient (Wildman–Crippen LogP) is 2.31. The highest BCUT2D eigenvalue weighted by Gasteiger charge is 2.34. The molecule has 3 rings (SSSR count). The minimum Gasteiger partial charge on any atom is -0.493 e. The molecule has 0 bridgehead atoms. The highest BCUT2D eigenvalue weighted by atomic mass is 16.5. The van der Waals surface area contributed by atoms with Crippen LogP contribution in [0.3, 0.4) is 0 Å². The van der Waals surface area contributed by atoms with Gasteiger partial charge in [0.05, 0.1) is 19.8 Å². The monoisotopic (exact) mass is 285 g/mol. The number of ether oxygens (including phenoxy) is 2. The van der Waals surface area contributed by atoms with E-state index in [9.17, 15) is 0 Å². The lowest BCUT2D eigenvalue weighted by Crippen LogP contribution is -2.29. The fourth-order valence-electron chi connectivity index (χ4n) is 2.82. The van der Waals surface area contributed by atoms with Crippen LogP contribution in [0.5, 0.6) is 11.6 Å². The Labute approximate surface area is 124 Å². The van der Waals surface area contributed by atoms with Gasteiger partial charge in [-0.3, -0.25) is 4.98 Å². The van der Waals surface area contributed by atoms with Crippen LogP contribution in [0.25, 0.3) is 0 Å². The fourth-order valence-corrected chi connectivity index (χ4v) is 2.82. The van der Waals surface area contributed by atoms with Crippen molar-refractivity contribution in [2.24, 2.45) is 0 Å². The second-order valence-corrected chi connectivity index (χ2v) is 4.94. The number of rotatable bonds is 5. The summed E-state index contributed by atoms with van der Waals surface area (Å²) in [6.45, 7) is 3.55. The van der Waals surface area contributed by atoms with Gasteiger partial charge in [-0.2, -0.15) is 0 Å². The number of nitrogens with one attached hydrogen (secondary N) is 1. The molecular weight excluding hydrogens is 266 g/mol. The molecule has 0 saturated heterocycles. The summed E-state index contributed by atoms with van der Waals surface area (Å²) in [5, 5.41) is 3.49. The van der Waals surface area contributed by atoms with E-state index >= 15 is 0 Å². The van der Waals surface area contributed by atoms with E-state index in [4.69, 9.17) is 9.47 Å². The first-order valence-electron chi connectivity index (χ1n) is 7.15. The third-order valence-electron chi connectivity index (χ3n) is 3.74. The Hall–Kier alpha value is -2.14. The SMILES string of the molecule is CCNC(c1nccnc1OC)C1COc2ccccc21. The summed E-state index contributed by atoms with van der Waals surface area (Å²) in [7, 11) is 1.62. The normalized spacial score (nSPS) is 17.9. The van der Waals surface area contributed by atoms with Crippen molar-refractivity contribution < 1.29 is 9.47 Å². The number of fused-ring (bicyclic) bond motifs is 1. The summed E-state index contributed by atoms with van der Waals surface area (Å²) in [5.41, 5.74) is 2.03. The van der Waals surface area contributed by atoms with Crippen LogP contribution in [0.2, 0.25) is 0 Å². The maximum atomic E-state index is 5.80. The minimum atomic E-state index is 0.0160. The maximum Gasteiger partial charge on any atom is 0.237 e. The first kappa shape index (κ1) is 13.8. The zero-order chi connectivity index (χ0) is 14.7. The molecule has 1 aromatic carbocycles. The van der Waals surface area contributed by atoms with Crippen LogP contribution < -0.4 is 14.8 Å². The van der Waals surface area contributed by atoms with Gasteiger partial charge in [0.25, 0.3) is 0 Å². The number of benzene rings is 1. The molecule has 21 heavy (non-hydrogen) atoms. The van der Waals surface area contributed by atoms with Gasteiger partial charge < -0.3 is 14.8 Å². The van der Waals surface area contributed by atoms with E-state index in [0.717, 1.165) is 18.0 Å². The number of nitrogens with zero attached hydrogens (tertiary/aromatic N) is 2. The molecule has 5 heteroatoms. The molecule has 0 amide bonds. The third-order valence-corrected chi connectivity index (χ3v) is 3.74. The highest BCUT2D eigenvalue weighted by molar-refractivity contribution is 5.42. The lowest BCUT2D eigenvalue weighted by Gasteiger charge is -2.24. The van der Waals surface area contributed by atoms with Crippen molar-refractivity contribution in [2.45, 2.75) is 18.9 Å². The van der Waals surface area contributed by atoms with Gasteiger partial charge >= 0.3 is 0 Å². The van der Waals surface area contributed by atoms with E-state index in [1.807, 2.05) is 18.2 Å². The van der Waals surface area contributed by atoms with Crippen LogP contribution in [-0.4, -0.2) is 30.2 Å². The van der Waals surface area contributed by atoms with Crippen molar-refractivity contribution in [3.8, 4) is 11.6 Å². The molecule has 0 spiro atoms. The molecule has 1 aromatic heterocycles. The van der Waals surface area contributed by atoms with Crippen LogP contribution in [0.1, 0.15) is 30.1 Å². The average Bonchev–Trinajstić information content (AvgIpc) is 2.96. The van der Waals surface area contributed by atoms with E-state index in [1.54, 1.807) is 19.5 Å². The Morgan fingerprint density at radius 2 is 2.14 bits per heavy atom. The molecule has 1 aliphatic rings. The number of aromatic nitrogens is 2. The quantitative estimate of drug-likeness (QED) is 0.913. The first-order valence-corrected chi connectivity index (χ1v) is 7.15. The fraction of sp³-hybridized carbons (Fsp3) is 0.375. The van der Waals surface area contributed by atoms with Crippen LogP contribution in [0.4, 0.5) is 0 Å². The number of hydrogen-bond donors (Lipinski definition) is 1. The van der Waals surface area contributed by atoms with Crippen molar-refractivity contribution in [1.29, 1.82) is 0 Å².